The highest BCUT2D eigenvalue weighted by molar-refractivity contribution is 5.92. The minimum atomic E-state index is -0.463. The molecule has 1 aromatic heterocycles. The van der Waals surface area contributed by atoms with E-state index < -0.39 is 11.9 Å². The number of nitrogens with zero attached hydrogens (tertiary/aromatic N) is 2. The Morgan fingerprint density at radius 3 is 3.00 bits per heavy atom. The van der Waals surface area contributed by atoms with Crippen molar-refractivity contribution in [2.24, 2.45) is 0 Å². The zero-order valence-electron chi connectivity index (χ0n) is 8.77. The summed E-state index contributed by atoms with van der Waals surface area (Å²) in [5.41, 5.74) is 0.218. The maximum absolute atomic E-state index is 12.6. The number of carbonyl (C=O) groups is 1. The molecule has 1 aliphatic heterocycles. The van der Waals surface area contributed by atoms with E-state index in [4.69, 9.17) is 0 Å². The summed E-state index contributed by atoms with van der Waals surface area (Å²) in [5, 5.41) is 9.45. The lowest BCUT2D eigenvalue weighted by atomic mass is 10.1. The summed E-state index contributed by atoms with van der Waals surface area (Å²) in [6.45, 7) is 0.951. The van der Waals surface area contributed by atoms with Crippen LogP contribution in [0.2, 0.25) is 0 Å². The summed E-state index contributed by atoms with van der Waals surface area (Å²) in [7, 11) is 0. The SMILES string of the molecule is O=C(c1ccc(F)cn1)N1CCCC(O)C1. The van der Waals surface area contributed by atoms with Gasteiger partial charge in [-0.25, -0.2) is 9.37 Å². The monoisotopic (exact) mass is 224 g/mol. The predicted octanol–water partition coefficient (Wildman–Crippen LogP) is 0.818. The number of hydrogen-bond acceptors (Lipinski definition) is 3. The molecule has 2 heterocycles. The minimum absolute atomic E-state index is 0.218. The van der Waals surface area contributed by atoms with Crippen molar-refractivity contribution in [1.82, 2.24) is 9.88 Å². The Kier molecular flexibility index (Phi) is 3.14. The largest absolute Gasteiger partial charge is 0.391 e. The topological polar surface area (TPSA) is 53.4 Å². The Bertz CT molecular complexity index is 380. The van der Waals surface area contributed by atoms with Gasteiger partial charge in [0.25, 0.3) is 5.91 Å². The van der Waals surface area contributed by atoms with Crippen LogP contribution in [0, 0.1) is 5.82 Å². The molecule has 1 atom stereocenters. The van der Waals surface area contributed by atoms with Gasteiger partial charge in [-0.1, -0.05) is 0 Å². The molecule has 4 nitrogen and oxygen atoms in total. The summed E-state index contributed by atoms with van der Waals surface area (Å²) in [5.74, 6) is -0.714. The maximum atomic E-state index is 12.6. The van der Waals surface area contributed by atoms with Crippen LogP contribution in [0.1, 0.15) is 23.3 Å². The summed E-state index contributed by atoms with van der Waals surface area (Å²) in [6, 6.07) is 2.57. The highest BCUT2D eigenvalue weighted by Gasteiger charge is 2.23. The first kappa shape index (κ1) is 11.0. The molecule has 86 valence electrons. The molecule has 1 unspecified atom stereocenters. The van der Waals surface area contributed by atoms with Gasteiger partial charge in [-0.3, -0.25) is 4.79 Å². The molecule has 1 aromatic rings. The fourth-order valence-corrected chi connectivity index (χ4v) is 1.80. The fourth-order valence-electron chi connectivity index (χ4n) is 1.80. The van der Waals surface area contributed by atoms with Crippen molar-refractivity contribution in [3.05, 3.63) is 29.8 Å². The number of likely N-dealkylation sites (tertiary alicyclic amines) is 1. The van der Waals surface area contributed by atoms with Gasteiger partial charge in [0.1, 0.15) is 11.5 Å². The molecule has 16 heavy (non-hydrogen) atoms. The van der Waals surface area contributed by atoms with Crippen molar-refractivity contribution in [3.8, 4) is 0 Å². The van der Waals surface area contributed by atoms with Crippen molar-refractivity contribution in [2.45, 2.75) is 18.9 Å². The van der Waals surface area contributed by atoms with Crippen molar-refractivity contribution in [1.29, 1.82) is 0 Å². The number of halogens is 1. The average Bonchev–Trinajstić information content (AvgIpc) is 2.29. The second-order valence-electron chi connectivity index (χ2n) is 3.91. The van der Waals surface area contributed by atoms with Crippen LogP contribution >= 0.6 is 0 Å². The molecule has 0 aromatic carbocycles. The molecule has 0 saturated carbocycles. The molecule has 0 bridgehead atoms. The number of aromatic nitrogens is 1. The van der Waals surface area contributed by atoms with Crippen LogP contribution in [0.15, 0.2) is 18.3 Å². The molecule has 2 rings (SSSR count). The first-order valence-electron chi connectivity index (χ1n) is 5.26. The molecular formula is C11H13FN2O2. The molecule has 0 aliphatic carbocycles. The summed E-state index contributed by atoms with van der Waals surface area (Å²) in [4.78, 5) is 17.2. The van der Waals surface area contributed by atoms with E-state index in [1.165, 1.54) is 12.1 Å². The molecule has 0 radical (unpaired) electrons. The van der Waals surface area contributed by atoms with E-state index in [1.807, 2.05) is 0 Å². The van der Waals surface area contributed by atoms with Crippen molar-refractivity contribution in [2.75, 3.05) is 13.1 Å². The number of amides is 1. The third-order valence-electron chi connectivity index (χ3n) is 2.63. The van der Waals surface area contributed by atoms with Gasteiger partial charge in [0.2, 0.25) is 0 Å². The highest BCUT2D eigenvalue weighted by Crippen LogP contribution is 2.12. The lowest BCUT2D eigenvalue weighted by Gasteiger charge is -2.29. The number of rotatable bonds is 1. The Morgan fingerprint density at radius 2 is 2.38 bits per heavy atom. The minimum Gasteiger partial charge on any atom is -0.391 e. The Balaban J connectivity index is 2.09. The van der Waals surface area contributed by atoms with Crippen LogP contribution in [0.4, 0.5) is 4.39 Å². The van der Waals surface area contributed by atoms with Crippen LogP contribution < -0.4 is 0 Å². The first-order valence-corrected chi connectivity index (χ1v) is 5.26. The van der Waals surface area contributed by atoms with Gasteiger partial charge in [-0.15, -0.1) is 0 Å². The fraction of sp³-hybridized carbons (Fsp3) is 0.455. The number of hydrogen-bond donors (Lipinski definition) is 1. The van der Waals surface area contributed by atoms with E-state index in [1.54, 1.807) is 4.90 Å². The number of aliphatic hydroxyl groups is 1. The van der Waals surface area contributed by atoms with Crippen molar-refractivity contribution < 1.29 is 14.3 Å². The van der Waals surface area contributed by atoms with Gasteiger partial charge in [0, 0.05) is 13.1 Å². The zero-order valence-corrected chi connectivity index (χ0v) is 8.77. The van der Waals surface area contributed by atoms with Crippen LogP contribution in [-0.4, -0.2) is 40.1 Å². The van der Waals surface area contributed by atoms with Gasteiger partial charge >= 0.3 is 0 Å². The van der Waals surface area contributed by atoms with E-state index in [9.17, 15) is 14.3 Å². The van der Waals surface area contributed by atoms with E-state index in [-0.39, 0.29) is 11.6 Å². The van der Waals surface area contributed by atoms with Gasteiger partial charge < -0.3 is 10.0 Å². The Labute approximate surface area is 92.7 Å². The number of β-amino-alcohol motifs (C(OH)–C–C–N with tert-alkyl or cyclic N) is 1. The lowest BCUT2D eigenvalue weighted by Crippen LogP contribution is -2.42. The van der Waals surface area contributed by atoms with Crippen LogP contribution in [-0.2, 0) is 0 Å². The van der Waals surface area contributed by atoms with Crippen LogP contribution in [0.5, 0.6) is 0 Å². The molecule has 1 amide bonds. The van der Waals surface area contributed by atoms with E-state index in [0.29, 0.717) is 13.1 Å². The number of pyridine rings is 1. The standard InChI is InChI=1S/C11H13FN2O2/c12-8-3-4-10(13-6-8)11(16)14-5-1-2-9(15)7-14/h3-4,6,9,15H,1-2,5,7H2. The van der Waals surface area contributed by atoms with Gasteiger partial charge in [0.15, 0.2) is 0 Å². The van der Waals surface area contributed by atoms with Gasteiger partial charge in [0.05, 0.1) is 12.3 Å². The third kappa shape index (κ3) is 2.36. The van der Waals surface area contributed by atoms with E-state index >= 15 is 0 Å². The summed E-state index contributed by atoms with van der Waals surface area (Å²) >= 11 is 0. The number of aliphatic hydroxyl groups excluding tert-OH is 1. The predicted molar refractivity (Wildman–Crippen MR) is 55.3 cm³/mol. The van der Waals surface area contributed by atoms with Gasteiger partial charge in [-0.2, -0.15) is 0 Å². The number of carbonyl (C=O) groups excluding carboxylic acids is 1. The lowest BCUT2D eigenvalue weighted by molar-refractivity contribution is 0.0469. The second kappa shape index (κ2) is 4.57. The molecule has 0 spiro atoms. The molecule has 1 N–H and O–H groups in total. The quantitative estimate of drug-likeness (QED) is 0.768. The first-order chi connectivity index (χ1) is 7.66. The normalized spacial score (nSPS) is 20.9. The second-order valence-corrected chi connectivity index (χ2v) is 3.91. The van der Waals surface area contributed by atoms with Gasteiger partial charge in [-0.05, 0) is 25.0 Å². The van der Waals surface area contributed by atoms with Crippen molar-refractivity contribution in [3.63, 3.8) is 0 Å². The maximum Gasteiger partial charge on any atom is 0.272 e. The van der Waals surface area contributed by atoms with E-state index in [0.717, 1.165) is 19.0 Å². The zero-order chi connectivity index (χ0) is 11.5. The smallest absolute Gasteiger partial charge is 0.272 e. The molecule has 1 aliphatic rings. The van der Waals surface area contributed by atoms with Crippen LogP contribution in [0.3, 0.4) is 0 Å². The van der Waals surface area contributed by atoms with E-state index in [2.05, 4.69) is 4.98 Å². The molecule has 1 fully saturated rings. The van der Waals surface area contributed by atoms with Crippen LogP contribution in [0.25, 0.3) is 0 Å². The Hall–Kier alpha value is -1.49. The molecule has 1 saturated heterocycles. The average molecular weight is 224 g/mol. The van der Waals surface area contributed by atoms with Crippen molar-refractivity contribution >= 4 is 5.91 Å². The summed E-state index contributed by atoms with van der Waals surface area (Å²) < 4.78 is 12.6. The molecular weight excluding hydrogens is 211 g/mol. The third-order valence-corrected chi connectivity index (χ3v) is 2.63. The summed E-state index contributed by atoms with van der Waals surface area (Å²) in [6.07, 6.45) is 2.07. The number of piperidine rings is 1. The Morgan fingerprint density at radius 1 is 1.56 bits per heavy atom. The highest BCUT2D eigenvalue weighted by atomic mass is 19.1. The molecule has 5 heteroatoms.